The van der Waals surface area contributed by atoms with E-state index in [4.69, 9.17) is 11.6 Å². The van der Waals surface area contributed by atoms with Crippen LogP contribution in [0.3, 0.4) is 0 Å². The van der Waals surface area contributed by atoms with Gasteiger partial charge in [-0.25, -0.2) is 0 Å². The second-order valence-corrected chi connectivity index (χ2v) is 7.61. The fourth-order valence-corrected chi connectivity index (χ4v) is 3.12. The van der Waals surface area contributed by atoms with Gasteiger partial charge in [0.25, 0.3) is 0 Å². The van der Waals surface area contributed by atoms with Gasteiger partial charge in [0.2, 0.25) is 0 Å². The molecule has 18 heavy (non-hydrogen) atoms. The molecule has 1 heterocycles. The van der Waals surface area contributed by atoms with E-state index < -0.39 is 0 Å². The summed E-state index contributed by atoms with van der Waals surface area (Å²) in [5.74, 6) is 0. The fraction of sp³-hybridized carbons (Fsp3) is 0.733. The summed E-state index contributed by atoms with van der Waals surface area (Å²) in [5.41, 5.74) is 0.379. The van der Waals surface area contributed by atoms with Crippen LogP contribution in [0.1, 0.15) is 64.3 Å². The predicted molar refractivity (Wildman–Crippen MR) is 83.7 cm³/mol. The van der Waals surface area contributed by atoms with Gasteiger partial charge in [0, 0.05) is 17.5 Å². The van der Waals surface area contributed by atoms with Gasteiger partial charge < -0.3 is 5.32 Å². The molecule has 0 fully saturated rings. The molecule has 0 saturated carbocycles. The Morgan fingerprint density at radius 2 is 2.06 bits per heavy atom. The average molecular weight is 288 g/mol. The van der Waals surface area contributed by atoms with E-state index >= 15 is 0 Å². The minimum Gasteiger partial charge on any atom is -0.309 e. The third-order valence-corrected chi connectivity index (χ3v) is 4.78. The molecule has 1 aromatic heterocycles. The molecule has 0 aliphatic rings. The highest BCUT2D eigenvalue weighted by Crippen LogP contribution is 2.28. The highest BCUT2D eigenvalue weighted by Gasteiger charge is 2.18. The van der Waals surface area contributed by atoms with Crippen molar-refractivity contribution in [3.63, 3.8) is 0 Å². The van der Waals surface area contributed by atoms with Crippen molar-refractivity contribution in [3.05, 3.63) is 21.3 Å². The Hall–Kier alpha value is -0.0500. The zero-order valence-electron chi connectivity index (χ0n) is 12.1. The van der Waals surface area contributed by atoms with E-state index in [0.717, 1.165) is 10.9 Å². The van der Waals surface area contributed by atoms with Crippen molar-refractivity contribution in [1.29, 1.82) is 0 Å². The van der Waals surface area contributed by atoms with Crippen molar-refractivity contribution in [1.82, 2.24) is 5.32 Å². The Morgan fingerprint density at radius 3 is 2.61 bits per heavy atom. The Labute approximate surface area is 121 Å². The lowest BCUT2D eigenvalue weighted by molar-refractivity contribution is 0.291. The molecule has 3 heteroatoms. The van der Waals surface area contributed by atoms with Crippen molar-refractivity contribution in [2.24, 2.45) is 5.41 Å². The van der Waals surface area contributed by atoms with Crippen LogP contribution in [0.2, 0.25) is 4.34 Å². The van der Waals surface area contributed by atoms with Crippen molar-refractivity contribution in [2.45, 2.75) is 59.4 Å². The fourth-order valence-electron chi connectivity index (χ4n) is 2.03. The minimum absolute atomic E-state index is 0.379. The van der Waals surface area contributed by atoms with E-state index in [1.807, 2.05) is 6.07 Å². The monoisotopic (exact) mass is 287 g/mol. The summed E-state index contributed by atoms with van der Waals surface area (Å²) in [7, 11) is 0. The van der Waals surface area contributed by atoms with Crippen LogP contribution in [0.25, 0.3) is 0 Å². The number of thiophene rings is 1. The molecule has 1 unspecified atom stereocenters. The topological polar surface area (TPSA) is 12.0 Å². The Bertz CT molecular complexity index is 346. The zero-order chi connectivity index (χ0) is 13.6. The molecule has 0 aromatic carbocycles. The standard InChI is InChI=1S/C15H26ClNS/c1-5-6-7-10-15(3,4)11-17-12(2)13-8-9-14(16)18-13/h8-9,12,17H,5-7,10-11H2,1-4H3. The number of nitrogens with one attached hydrogen (secondary N) is 1. The molecule has 104 valence electrons. The largest absolute Gasteiger partial charge is 0.309 e. The Morgan fingerprint density at radius 1 is 1.33 bits per heavy atom. The normalized spacial score (nSPS) is 13.8. The number of unbranched alkanes of at least 4 members (excludes halogenated alkanes) is 2. The third kappa shape index (κ3) is 5.73. The molecule has 0 bridgehead atoms. The van der Waals surface area contributed by atoms with Crippen LogP contribution < -0.4 is 5.32 Å². The van der Waals surface area contributed by atoms with E-state index in [-0.39, 0.29) is 0 Å². The summed E-state index contributed by atoms with van der Waals surface area (Å²) in [4.78, 5) is 1.32. The van der Waals surface area contributed by atoms with Crippen LogP contribution in [0.4, 0.5) is 0 Å². The van der Waals surface area contributed by atoms with Gasteiger partial charge in [-0.05, 0) is 30.9 Å². The lowest BCUT2D eigenvalue weighted by atomic mass is 9.86. The first-order chi connectivity index (χ1) is 8.44. The van der Waals surface area contributed by atoms with Crippen LogP contribution in [0.15, 0.2) is 12.1 Å². The molecule has 1 N–H and O–H groups in total. The van der Waals surface area contributed by atoms with E-state index in [1.54, 1.807) is 11.3 Å². The summed E-state index contributed by atoms with van der Waals surface area (Å²) in [5, 5.41) is 3.63. The van der Waals surface area contributed by atoms with Gasteiger partial charge in [-0.2, -0.15) is 0 Å². The van der Waals surface area contributed by atoms with Crippen LogP contribution in [0, 0.1) is 5.41 Å². The molecule has 1 nitrogen and oxygen atoms in total. The van der Waals surface area contributed by atoms with Crippen LogP contribution >= 0.6 is 22.9 Å². The third-order valence-electron chi connectivity index (χ3n) is 3.36. The van der Waals surface area contributed by atoms with Gasteiger partial charge in [-0.3, -0.25) is 0 Å². The van der Waals surface area contributed by atoms with E-state index in [0.29, 0.717) is 11.5 Å². The maximum Gasteiger partial charge on any atom is 0.0931 e. The summed E-state index contributed by atoms with van der Waals surface area (Å²) in [6.45, 7) is 10.2. The van der Waals surface area contributed by atoms with Crippen molar-refractivity contribution in [2.75, 3.05) is 6.54 Å². The first-order valence-electron chi connectivity index (χ1n) is 6.93. The van der Waals surface area contributed by atoms with Crippen LogP contribution in [0.5, 0.6) is 0 Å². The van der Waals surface area contributed by atoms with Gasteiger partial charge in [-0.15, -0.1) is 11.3 Å². The molecule has 1 aromatic rings. The van der Waals surface area contributed by atoms with Crippen LogP contribution in [-0.4, -0.2) is 6.54 Å². The number of hydrogen-bond acceptors (Lipinski definition) is 2. The van der Waals surface area contributed by atoms with Gasteiger partial charge in [0.05, 0.1) is 4.34 Å². The molecular formula is C15H26ClNS. The van der Waals surface area contributed by atoms with Gasteiger partial charge in [-0.1, -0.05) is 51.6 Å². The molecule has 1 rings (SSSR count). The first kappa shape index (κ1) is 16.0. The maximum atomic E-state index is 5.97. The second-order valence-electron chi connectivity index (χ2n) is 5.87. The quantitative estimate of drug-likeness (QED) is 0.608. The van der Waals surface area contributed by atoms with Gasteiger partial charge in [0.1, 0.15) is 0 Å². The van der Waals surface area contributed by atoms with E-state index in [1.165, 1.54) is 30.6 Å². The highest BCUT2D eigenvalue weighted by molar-refractivity contribution is 7.16. The molecule has 1 atom stereocenters. The average Bonchev–Trinajstić information content (AvgIpc) is 2.73. The summed E-state index contributed by atoms with van der Waals surface area (Å²) < 4.78 is 0.876. The molecular weight excluding hydrogens is 262 g/mol. The number of rotatable bonds is 8. The molecule has 0 spiro atoms. The molecule has 0 aliphatic carbocycles. The van der Waals surface area contributed by atoms with Crippen molar-refractivity contribution >= 4 is 22.9 Å². The SMILES string of the molecule is CCCCCC(C)(C)CNC(C)c1ccc(Cl)s1. The Balaban J connectivity index is 2.34. The summed E-state index contributed by atoms with van der Waals surface area (Å²) in [6, 6.07) is 4.49. The predicted octanol–water partition coefficient (Wildman–Crippen LogP) is 5.66. The molecule has 0 radical (unpaired) electrons. The highest BCUT2D eigenvalue weighted by atomic mass is 35.5. The van der Waals surface area contributed by atoms with E-state index in [9.17, 15) is 0 Å². The first-order valence-corrected chi connectivity index (χ1v) is 8.12. The molecule has 0 aliphatic heterocycles. The molecule has 0 saturated heterocycles. The summed E-state index contributed by atoms with van der Waals surface area (Å²) in [6.07, 6.45) is 5.28. The number of halogens is 1. The zero-order valence-corrected chi connectivity index (χ0v) is 13.6. The summed E-state index contributed by atoms with van der Waals surface area (Å²) >= 11 is 7.64. The van der Waals surface area contributed by atoms with Crippen molar-refractivity contribution in [3.8, 4) is 0 Å². The van der Waals surface area contributed by atoms with E-state index in [2.05, 4.69) is 39.1 Å². The Kier molecular flexibility index (Phi) is 6.68. The lowest BCUT2D eigenvalue weighted by Gasteiger charge is -2.27. The maximum absolute atomic E-state index is 5.97. The smallest absolute Gasteiger partial charge is 0.0931 e. The van der Waals surface area contributed by atoms with Gasteiger partial charge >= 0.3 is 0 Å². The van der Waals surface area contributed by atoms with Gasteiger partial charge in [0.15, 0.2) is 0 Å². The lowest BCUT2D eigenvalue weighted by Crippen LogP contribution is -2.31. The molecule has 0 amide bonds. The minimum atomic E-state index is 0.379. The van der Waals surface area contributed by atoms with Crippen molar-refractivity contribution < 1.29 is 0 Å². The number of hydrogen-bond donors (Lipinski definition) is 1. The second kappa shape index (κ2) is 7.52. The van der Waals surface area contributed by atoms with Crippen LogP contribution in [-0.2, 0) is 0 Å².